The zero-order valence-electron chi connectivity index (χ0n) is 10.1. The molecule has 0 aliphatic carbocycles. The zero-order chi connectivity index (χ0) is 10.4. The van der Waals surface area contributed by atoms with E-state index in [1.54, 1.807) is 0 Å². The molecule has 1 fully saturated rings. The molecule has 0 spiro atoms. The summed E-state index contributed by atoms with van der Waals surface area (Å²) < 4.78 is 0. The molecule has 84 valence electrons. The minimum absolute atomic E-state index is 0.710. The first kappa shape index (κ1) is 12.0. The maximum Gasteiger partial charge on any atom is 0.00384 e. The van der Waals surface area contributed by atoms with E-state index in [1.165, 1.54) is 45.4 Å². The van der Waals surface area contributed by atoms with Crippen LogP contribution in [0.25, 0.3) is 0 Å². The van der Waals surface area contributed by atoms with Gasteiger partial charge in [0.25, 0.3) is 0 Å². The van der Waals surface area contributed by atoms with Gasteiger partial charge in [-0.05, 0) is 65.2 Å². The SMILES string of the molecule is CCN(CCC1CCNCC1)C(C)C. The van der Waals surface area contributed by atoms with Gasteiger partial charge < -0.3 is 10.2 Å². The van der Waals surface area contributed by atoms with Crippen LogP contribution in [0, 0.1) is 5.92 Å². The molecule has 0 saturated carbocycles. The third kappa shape index (κ3) is 3.97. The van der Waals surface area contributed by atoms with Crippen molar-refractivity contribution in [1.29, 1.82) is 0 Å². The summed E-state index contributed by atoms with van der Waals surface area (Å²) in [6, 6.07) is 0.710. The Morgan fingerprint density at radius 3 is 2.43 bits per heavy atom. The van der Waals surface area contributed by atoms with Gasteiger partial charge in [0.15, 0.2) is 0 Å². The van der Waals surface area contributed by atoms with Crippen LogP contribution in [0.3, 0.4) is 0 Å². The first-order valence-electron chi connectivity index (χ1n) is 6.18. The van der Waals surface area contributed by atoms with Gasteiger partial charge in [0.2, 0.25) is 0 Å². The lowest BCUT2D eigenvalue weighted by Crippen LogP contribution is -2.34. The van der Waals surface area contributed by atoms with Gasteiger partial charge in [-0.3, -0.25) is 0 Å². The summed E-state index contributed by atoms with van der Waals surface area (Å²) >= 11 is 0. The molecule has 1 rings (SSSR count). The summed E-state index contributed by atoms with van der Waals surface area (Å²) in [5.74, 6) is 0.976. The van der Waals surface area contributed by atoms with E-state index in [0.29, 0.717) is 6.04 Å². The Hall–Kier alpha value is -0.0800. The fourth-order valence-corrected chi connectivity index (χ4v) is 2.30. The van der Waals surface area contributed by atoms with Crippen LogP contribution in [0.2, 0.25) is 0 Å². The number of nitrogens with zero attached hydrogens (tertiary/aromatic N) is 1. The fourth-order valence-electron chi connectivity index (χ4n) is 2.30. The molecule has 1 aliphatic rings. The van der Waals surface area contributed by atoms with Crippen molar-refractivity contribution in [2.45, 2.75) is 46.1 Å². The molecule has 0 atom stereocenters. The molecule has 0 aromatic carbocycles. The van der Waals surface area contributed by atoms with E-state index < -0.39 is 0 Å². The van der Waals surface area contributed by atoms with E-state index in [0.717, 1.165) is 5.92 Å². The van der Waals surface area contributed by atoms with Crippen molar-refractivity contribution in [2.24, 2.45) is 5.92 Å². The van der Waals surface area contributed by atoms with Crippen molar-refractivity contribution < 1.29 is 0 Å². The van der Waals surface area contributed by atoms with E-state index in [1.807, 2.05) is 0 Å². The Kier molecular flexibility index (Phi) is 5.49. The summed E-state index contributed by atoms with van der Waals surface area (Å²) in [4.78, 5) is 2.57. The van der Waals surface area contributed by atoms with Crippen LogP contribution in [0.15, 0.2) is 0 Å². The van der Waals surface area contributed by atoms with Gasteiger partial charge in [-0.15, -0.1) is 0 Å². The van der Waals surface area contributed by atoms with Crippen molar-refractivity contribution in [3.63, 3.8) is 0 Å². The molecule has 0 radical (unpaired) electrons. The van der Waals surface area contributed by atoms with E-state index >= 15 is 0 Å². The third-order valence-electron chi connectivity index (χ3n) is 3.42. The van der Waals surface area contributed by atoms with Gasteiger partial charge in [0.05, 0.1) is 0 Å². The summed E-state index contributed by atoms with van der Waals surface area (Å²) in [5.41, 5.74) is 0. The minimum Gasteiger partial charge on any atom is -0.317 e. The van der Waals surface area contributed by atoms with E-state index in [4.69, 9.17) is 0 Å². The molecule has 14 heavy (non-hydrogen) atoms. The predicted octanol–water partition coefficient (Wildman–Crippen LogP) is 2.11. The van der Waals surface area contributed by atoms with Gasteiger partial charge in [0, 0.05) is 6.04 Å². The Morgan fingerprint density at radius 2 is 1.93 bits per heavy atom. The van der Waals surface area contributed by atoms with Crippen molar-refractivity contribution >= 4 is 0 Å². The first-order chi connectivity index (χ1) is 6.74. The molecule has 1 heterocycles. The smallest absolute Gasteiger partial charge is 0.00384 e. The average molecular weight is 198 g/mol. The molecule has 0 unspecified atom stereocenters. The van der Waals surface area contributed by atoms with Crippen LogP contribution in [-0.4, -0.2) is 37.1 Å². The predicted molar refractivity (Wildman–Crippen MR) is 62.6 cm³/mol. The van der Waals surface area contributed by atoms with Crippen molar-refractivity contribution in [1.82, 2.24) is 10.2 Å². The van der Waals surface area contributed by atoms with Crippen LogP contribution in [0.4, 0.5) is 0 Å². The summed E-state index contributed by atoms with van der Waals surface area (Å²) in [5, 5.41) is 3.43. The summed E-state index contributed by atoms with van der Waals surface area (Å²) in [6.07, 6.45) is 4.17. The first-order valence-corrected chi connectivity index (χ1v) is 6.18. The lowest BCUT2D eigenvalue weighted by Gasteiger charge is -2.28. The van der Waals surface area contributed by atoms with Crippen LogP contribution in [0.1, 0.15) is 40.0 Å². The summed E-state index contributed by atoms with van der Waals surface area (Å²) in [6.45, 7) is 11.8. The number of hydrogen-bond donors (Lipinski definition) is 1. The maximum absolute atomic E-state index is 3.43. The van der Waals surface area contributed by atoms with Crippen molar-refractivity contribution in [3.8, 4) is 0 Å². The molecule has 1 aliphatic heterocycles. The highest BCUT2D eigenvalue weighted by atomic mass is 15.1. The fraction of sp³-hybridized carbons (Fsp3) is 1.00. The second-order valence-corrected chi connectivity index (χ2v) is 4.70. The highest BCUT2D eigenvalue weighted by molar-refractivity contribution is 4.71. The third-order valence-corrected chi connectivity index (χ3v) is 3.42. The molecule has 1 saturated heterocycles. The second-order valence-electron chi connectivity index (χ2n) is 4.70. The Morgan fingerprint density at radius 1 is 1.29 bits per heavy atom. The van der Waals surface area contributed by atoms with Gasteiger partial charge in [-0.2, -0.15) is 0 Å². The quantitative estimate of drug-likeness (QED) is 0.728. The van der Waals surface area contributed by atoms with Crippen molar-refractivity contribution in [3.05, 3.63) is 0 Å². The van der Waals surface area contributed by atoms with Gasteiger partial charge in [-0.25, -0.2) is 0 Å². The summed E-state index contributed by atoms with van der Waals surface area (Å²) in [7, 11) is 0. The van der Waals surface area contributed by atoms with Crippen molar-refractivity contribution in [2.75, 3.05) is 26.2 Å². The van der Waals surface area contributed by atoms with Crippen LogP contribution < -0.4 is 5.32 Å². The number of piperidine rings is 1. The number of hydrogen-bond acceptors (Lipinski definition) is 2. The molecule has 0 amide bonds. The van der Waals surface area contributed by atoms with E-state index in [2.05, 4.69) is 31.0 Å². The van der Waals surface area contributed by atoms with Gasteiger partial charge in [-0.1, -0.05) is 6.92 Å². The van der Waals surface area contributed by atoms with E-state index in [9.17, 15) is 0 Å². The molecule has 2 nitrogen and oxygen atoms in total. The lowest BCUT2D eigenvalue weighted by atomic mass is 9.94. The molecule has 0 aromatic rings. The Balaban J connectivity index is 2.16. The van der Waals surface area contributed by atoms with Gasteiger partial charge >= 0.3 is 0 Å². The lowest BCUT2D eigenvalue weighted by molar-refractivity contribution is 0.205. The van der Waals surface area contributed by atoms with Crippen LogP contribution in [0.5, 0.6) is 0 Å². The minimum atomic E-state index is 0.710. The Labute approximate surface area is 89.1 Å². The molecule has 0 aromatic heterocycles. The standard InChI is InChI=1S/C12H26N2/c1-4-14(11(2)3)10-7-12-5-8-13-9-6-12/h11-13H,4-10H2,1-3H3. The normalized spacial score (nSPS) is 19.5. The number of rotatable bonds is 5. The zero-order valence-corrected chi connectivity index (χ0v) is 10.1. The second kappa shape index (κ2) is 6.41. The largest absolute Gasteiger partial charge is 0.317 e. The molecule has 0 bridgehead atoms. The average Bonchev–Trinajstić information content (AvgIpc) is 2.20. The van der Waals surface area contributed by atoms with Gasteiger partial charge in [0.1, 0.15) is 0 Å². The monoisotopic (exact) mass is 198 g/mol. The molecular formula is C12H26N2. The topological polar surface area (TPSA) is 15.3 Å². The molecule has 1 N–H and O–H groups in total. The number of nitrogens with one attached hydrogen (secondary N) is 1. The molecular weight excluding hydrogens is 172 g/mol. The van der Waals surface area contributed by atoms with E-state index in [-0.39, 0.29) is 0 Å². The molecule has 2 heteroatoms. The van der Waals surface area contributed by atoms with Crippen LogP contribution >= 0.6 is 0 Å². The van der Waals surface area contributed by atoms with Crippen LogP contribution in [-0.2, 0) is 0 Å². The maximum atomic E-state index is 3.43. The highest BCUT2D eigenvalue weighted by Gasteiger charge is 2.14. The Bertz CT molecular complexity index is 139. The highest BCUT2D eigenvalue weighted by Crippen LogP contribution is 2.16.